The number of para-hydroxylation sites is 3. The Labute approximate surface area is 326 Å². The smallest absolute Gasteiger partial charge is 0.0541 e. The summed E-state index contributed by atoms with van der Waals surface area (Å²) in [6, 6.07) is 71.1. The fraction of sp³-hybridized carbons (Fsp3) is 0.0370. The van der Waals surface area contributed by atoms with Gasteiger partial charge < -0.3 is 9.13 Å². The minimum absolute atomic E-state index is 1.06. The van der Waals surface area contributed by atoms with Crippen LogP contribution < -0.4 is 0 Å². The van der Waals surface area contributed by atoms with E-state index in [0.29, 0.717) is 0 Å². The van der Waals surface area contributed by atoms with Crippen molar-refractivity contribution in [1.82, 2.24) is 9.13 Å². The maximum atomic E-state index is 2.46. The molecule has 0 fully saturated rings. The Kier molecular flexibility index (Phi) is 7.67. The molecular weight excluding hydrogens is 677 g/mol. The predicted octanol–water partition coefficient (Wildman–Crippen LogP) is 14.4. The molecule has 10 aromatic rings. The summed E-state index contributed by atoms with van der Waals surface area (Å²) in [6.07, 6.45) is 6.74. The summed E-state index contributed by atoms with van der Waals surface area (Å²) < 4.78 is 4.84. The Morgan fingerprint density at radius 2 is 0.750 bits per heavy atom. The first-order chi connectivity index (χ1) is 27.8. The molecule has 0 atom stereocenters. The maximum absolute atomic E-state index is 2.46. The summed E-state index contributed by atoms with van der Waals surface area (Å²) in [5, 5.41) is 3.87. The largest absolute Gasteiger partial charge is 0.313 e. The summed E-state index contributed by atoms with van der Waals surface area (Å²) in [5.41, 5.74) is 18.5. The Bertz CT molecular complexity index is 3050. The van der Waals surface area contributed by atoms with Crippen molar-refractivity contribution in [2.24, 2.45) is 0 Å². The van der Waals surface area contributed by atoms with Gasteiger partial charge in [-0.15, -0.1) is 0 Å². The van der Waals surface area contributed by atoms with E-state index >= 15 is 0 Å². The number of nitrogens with zero attached hydrogens (tertiary/aromatic N) is 2. The van der Waals surface area contributed by atoms with Gasteiger partial charge in [0.15, 0.2) is 0 Å². The molecule has 0 radical (unpaired) electrons. The zero-order chi connectivity index (χ0) is 37.0. The zero-order valence-electron chi connectivity index (χ0n) is 30.9. The lowest BCUT2D eigenvalue weighted by Gasteiger charge is -2.15. The van der Waals surface area contributed by atoms with Crippen LogP contribution in [0.2, 0.25) is 0 Å². The lowest BCUT2D eigenvalue weighted by molar-refractivity contribution is 0.888. The second kappa shape index (κ2) is 13.3. The van der Waals surface area contributed by atoms with Crippen LogP contribution in [0.25, 0.3) is 94.7 Å². The molecule has 1 aliphatic rings. The van der Waals surface area contributed by atoms with E-state index in [1.165, 1.54) is 94.2 Å². The van der Waals surface area contributed by atoms with Crippen LogP contribution in [0.1, 0.15) is 17.7 Å². The fourth-order valence-electron chi connectivity index (χ4n) is 8.91. The maximum Gasteiger partial charge on any atom is 0.0541 e. The highest BCUT2D eigenvalue weighted by Gasteiger charge is 2.18. The van der Waals surface area contributed by atoms with Crippen molar-refractivity contribution in [3.8, 4) is 55.9 Å². The first-order valence-electron chi connectivity index (χ1n) is 19.6. The third-order valence-corrected chi connectivity index (χ3v) is 11.6. The molecule has 8 aromatic carbocycles. The van der Waals surface area contributed by atoms with Crippen molar-refractivity contribution in [2.45, 2.75) is 12.8 Å². The van der Waals surface area contributed by atoms with E-state index in [1.54, 1.807) is 0 Å². The van der Waals surface area contributed by atoms with Gasteiger partial charge in [-0.05, 0) is 124 Å². The number of aromatic nitrogens is 2. The molecule has 264 valence electrons. The highest BCUT2D eigenvalue weighted by Crippen LogP contribution is 2.38. The third kappa shape index (κ3) is 5.41. The first-order valence-corrected chi connectivity index (χ1v) is 19.6. The Hall–Kier alpha value is -7.16. The predicted molar refractivity (Wildman–Crippen MR) is 237 cm³/mol. The Morgan fingerprint density at radius 1 is 0.321 bits per heavy atom. The number of benzene rings is 8. The molecule has 56 heavy (non-hydrogen) atoms. The van der Waals surface area contributed by atoms with Crippen LogP contribution in [0, 0.1) is 0 Å². The molecule has 0 amide bonds. The number of fused-ring (bicyclic) bond motifs is 6. The van der Waals surface area contributed by atoms with E-state index in [1.807, 2.05) is 0 Å². The van der Waals surface area contributed by atoms with Gasteiger partial charge in [0.05, 0.1) is 16.6 Å². The molecule has 2 aromatic heterocycles. The molecule has 11 rings (SSSR count). The Balaban J connectivity index is 0.969. The topological polar surface area (TPSA) is 9.86 Å². The Morgan fingerprint density at radius 3 is 1.38 bits per heavy atom. The van der Waals surface area contributed by atoms with Gasteiger partial charge in [-0.2, -0.15) is 0 Å². The van der Waals surface area contributed by atoms with Gasteiger partial charge in [0.2, 0.25) is 0 Å². The molecule has 0 N–H and O–H groups in total. The fourth-order valence-corrected chi connectivity index (χ4v) is 8.91. The minimum Gasteiger partial charge on any atom is -0.313 e. The summed E-state index contributed by atoms with van der Waals surface area (Å²) >= 11 is 0. The van der Waals surface area contributed by atoms with Crippen molar-refractivity contribution in [1.29, 1.82) is 0 Å². The standard InChI is InChI=1S/C54H38N2/c1-2-13-37(14-3-1)42-34-43(39-27-31-46(32-28-39)56-53-23-10-6-19-49(53)50-20-7-11-24-54(50)56)36-44(35-42)41-16-12-15-40(33-41)38-25-29-45(30-26-38)55-51-21-8-4-17-47(51)48-18-5-9-22-52(48)55/h1-8,10-21,23-36H,9,22H2. The van der Waals surface area contributed by atoms with Gasteiger partial charge >= 0.3 is 0 Å². The molecule has 2 heteroatoms. The molecule has 2 nitrogen and oxygen atoms in total. The quantitative estimate of drug-likeness (QED) is 0.162. The molecule has 0 saturated carbocycles. The van der Waals surface area contributed by atoms with Gasteiger partial charge in [-0.3, -0.25) is 0 Å². The highest BCUT2D eigenvalue weighted by molar-refractivity contribution is 6.09. The van der Waals surface area contributed by atoms with Crippen LogP contribution in [0.3, 0.4) is 0 Å². The summed E-state index contributed by atoms with van der Waals surface area (Å²) in [5.74, 6) is 0. The van der Waals surface area contributed by atoms with Gasteiger partial charge in [-0.1, -0.05) is 140 Å². The van der Waals surface area contributed by atoms with Crippen molar-refractivity contribution in [3.05, 3.63) is 211 Å². The van der Waals surface area contributed by atoms with Crippen molar-refractivity contribution in [3.63, 3.8) is 0 Å². The molecule has 0 spiro atoms. The summed E-state index contributed by atoms with van der Waals surface area (Å²) in [4.78, 5) is 0. The van der Waals surface area contributed by atoms with E-state index in [9.17, 15) is 0 Å². The van der Waals surface area contributed by atoms with Crippen LogP contribution in [0.5, 0.6) is 0 Å². The number of hydrogen-bond acceptors (Lipinski definition) is 0. The molecule has 0 unspecified atom stereocenters. The van der Waals surface area contributed by atoms with Gasteiger partial charge in [0.25, 0.3) is 0 Å². The van der Waals surface area contributed by atoms with E-state index < -0.39 is 0 Å². The van der Waals surface area contributed by atoms with Crippen LogP contribution in [-0.4, -0.2) is 9.13 Å². The van der Waals surface area contributed by atoms with Crippen molar-refractivity contribution in [2.75, 3.05) is 0 Å². The number of allylic oxidation sites excluding steroid dienone is 1. The lowest BCUT2D eigenvalue weighted by Crippen LogP contribution is -2.02. The van der Waals surface area contributed by atoms with Crippen molar-refractivity contribution >= 4 is 38.8 Å². The van der Waals surface area contributed by atoms with Crippen LogP contribution >= 0.6 is 0 Å². The highest BCUT2D eigenvalue weighted by atomic mass is 15.0. The van der Waals surface area contributed by atoms with E-state index in [-0.39, 0.29) is 0 Å². The van der Waals surface area contributed by atoms with Crippen LogP contribution in [0.15, 0.2) is 200 Å². The molecule has 0 aliphatic heterocycles. The average molecular weight is 715 g/mol. The normalized spacial score (nSPS) is 12.4. The average Bonchev–Trinajstić information content (AvgIpc) is 3.80. The molecule has 1 aliphatic carbocycles. The third-order valence-electron chi connectivity index (χ3n) is 11.6. The molecule has 0 saturated heterocycles. The van der Waals surface area contributed by atoms with E-state index in [2.05, 4.69) is 215 Å². The number of hydrogen-bond donors (Lipinski definition) is 0. The summed E-state index contributed by atoms with van der Waals surface area (Å²) in [7, 11) is 0. The van der Waals surface area contributed by atoms with Crippen LogP contribution in [-0.2, 0) is 6.42 Å². The lowest BCUT2D eigenvalue weighted by atomic mass is 9.92. The minimum atomic E-state index is 1.06. The van der Waals surface area contributed by atoms with E-state index in [4.69, 9.17) is 0 Å². The monoisotopic (exact) mass is 714 g/mol. The summed E-state index contributed by atoms with van der Waals surface area (Å²) in [6.45, 7) is 0. The SMILES string of the molecule is C1=Cc2c(n(-c3ccc(-c4cccc(-c5cc(-c6ccccc6)cc(-c6ccc(-n7c8ccccc8c8ccccc87)cc6)c5)c4)cc3)c3ccccc23)CC1. The van der Waals surface area contributed by atoms with Crippen LogP contribution in [0.4, 0.5) is 0 Å². The first kappa shape index (κ1) is 32.3. The molecule has 0 bridgehead atoms. The zero-order valence-corrected chi connectivity index (χ0v) is 30.9. The second-order valence-electron chi connectivity index (χ2n) is 14.9. The molecular formula is C54H38N2. The van der Waals surface area contributed by atoms with Crippen molar-refractivity contribution < 1.29 is 0 Å². The number of rotatable bonds is 6. The molecule has 2 heterocycles. The second-order valence-corrected chi connectivity index (χ2v) is 14.9. The van der Waals surface area contributed by atoms with Gasteiger partial charge in [0.1, 0.15) is 0 Å². The van der Waals surface area contributed by atoms with Gasteiger partial charge in [-0.25, -0.2) is 0 Å². The van der Waals surface area contributed by atoms with E-state index in [0.717, 1.165) is 18.5 Å². The van der Waals surface area contributed by atoms with Gasteiger partial charge in [0, 0.05) is 38.8 Å².